The molecule has 0 radical (unpaired) electrons. The highest BCUT2D eigenvalue weighted by atomic mass is 16.6. The third-order valence-corrected chi connectivity index (χ3v) is 1.64. The molecule has 0 aromatic heterocycles. The summed E-state index contributed by atoms with van der Waals surface area (Å²) in [6.07, 6.45) is -2.54. The molecule has 2 atom stereocenters. The van der Waals surface area contributed by atoms with Crippen LogP contribution in [0.25, 0.3) is 0 Å². The van der Waals surface area contributed by atoms with Crippen molar-refractivity contribution in [2.75, 3.05) is 0 Å². The van der Waals surface area contributed by atoms with Gasteiger partial charge in [-0.1, -0.05) is 13.8 Å². The van der Waals surface area contributed by atoms with Crippen molar-refractivity contribution in [3.05, 3.63) is 0 Å². The molecule has 0 aliphatic rings. The van der Waals surface area contributed by atoms with Crippen LogP contribution in [0.5, 0.6) is 0 Å². The molecular formula is C10H16O6. The maximum Gasteiger partial charge on any atom is 0.354 e. The fourth-order valence-electron chi connectivity index (χ4n) is 0.621. The molecule has 0 heterocycles. The average Bonchev–Trinajstić information content (AvgIpc) is 2.16. The molecule has 0 aromatic rings. The molecule has 1 N–H and O–H groups in total. The van der Waals surface area contributed by atoms with Crippen molar-refractivity contribution in [1.82, 2.24) is 0 Å². The van der Waals surface area contributed by atoms with Gasteiger partial charge in [-0.25, -0.2) is 9.59 Å². The third-order valence-electron chi connectivity index (χ3n) is 1.64. The number of aliphatic hydroxyl groups excluding tert-OH is 1. The summed E-state index contributed by atoms with van der Waals surface area (Å²) in [5.74, 6) is -3.03. The summed E-state index contributed by atoms with van der Waals surface area (Å²) < 4.78 is 8.96. The van der Waals surface area contributed by atoms with Gasteiger partial charge in [0.1, 0.15) is 6.10 Å². The highest BCUT2D eigenvalue weighted by Crippen LogP contribution is 2.02. The molecule has 92 valence electrons. The summed E-state index contributed by atoms with van der Waals surface area (Å²) in [6, 6.07) is 0. The second-order valence-corrected chi connectivity index (χ2v) is 3.65. The summed E-state index contributed by atoms with van der Waals surface area (Å²) in [5.41, 5.74) is 0. The minimum Gasteiger partial charge on any atom is -0.449 e. The highest BCUT2D eigenvalue weighted by Gasteiger charge is 2.24. The first-order valence-electron chi connectivity index (χ1n) is 4.89. The first-order valence-corrected chi connectivity index (χ1v) is 4.89. The van der Waals surface area contributed by atoms with Gasteiger partial charge in [0.05, 0.1) is 5.92 Å². The minimum absolute atomic E-state index is 0.441. The first kappa shape index (κ1) is 14.6. The second kappa shape index (κ2) is 6.22. The van der Waals surface area contributed by atoms with Gasteiger partial charge < -0.3 is 14.6 Å². The molecule has 2 unspecified atom stereocenters. The topological polar surface area (TPSA) is 89.9 Å². The van der Waals surface area contributed by atoms with Crippen LogP contribution in [0.15, 0.2) is 0 Å². The van der Waals surface area contributed by atoms with Crippen LogP contribution in [0.3, 0.4) is 0 Å². The Kier molecular flexibility index (Phi) is 5.66. The van der Waals surface area contributed by atoms with Gasteiger partial charge in [-0.2, -0.15) is 0 Å². The molecule has 0 fully saturated rings. The van der Waals surface area contributed by atoms with Gasteiger partial charge in [-0.05, 0) is 13.8 Å². The number of hydrogen-bond acceptors (Lipinski definition) is 6. The maximum atomic E-state index is 11.2. The van der Waals surface area contributed by atoms with E-state index in [0.717, 1.165) is 0 Å². The zero-order chi connectivity index (χ0) is 12.9. The van der Waals surface area contributed by atoms with Gasteiger partial charge in [0, 0.05) is 0 Å². The molecule has 0 bridgehead atoms. The second-order valence-electron chi connectivity index (χ2n) is 3.65. The molecule has 0 aromatic carbocycles. The lowest BCUT2D eigenvalue weighted by molar-refractivity contribution is -0.177. The number of ether oxygens (including phenoxy) is 2. The zero-order valence-corrected chi connectivity index (χ0v) is 9.72. The lowest BCUT2D eigenvalue weighted by atomic mass is 10.2. The predicted molar refractivity (Wildman–Crippen MR) is 53.2 cm³/mol. The quantitative estimate of drug-likeness (QED) is 0.543. The predicted octanol–water partition coefficient (Wildman–Crippen LogP) is 0.0247. The normalized spacial score (nSPS) is 14.1. The molecule has 0 saturated carbocycles. The Morgan fingerprint density at radius 3 is 1.81 bits per heavy atom. The van der Waals surface area contributed by atoms with E-state index in [4.69, 9.17) is 5.11 Å². The van der Waals surface area contributed by atoms with Crippen molar-refractivity contribution in [2.45, 2.75) is 39.9 Å². The van der Waals surface area contributed by atoms with E-state index in [0.29, 0.717) is 0 Å². The Morgan fingerprint density at radius 1 is 0.938 bits per heavy atom. The van der Waals surface area contributed by atoms with Gasteiger partial charge in [-0.3, -0.25) is 4.79 Å². The van der Waals surface area contributed by atoms with Crippen molar-refractivity contribution in [3.63, 3.8) is 0 Å². The molecule has 0 rings (SSSR count). The molecule has 6 nitrogen and oxygen atoms in total. The Morgan fingerprint density at radius 2 is 1.44 bits per heavy atom. The van der Waals surface area contributed by atoms with Gasteiger partial charge in [0.2, 0.25) is 0 Å². The van der Waals surface area contributed by atoms with E-state index >= 15 is 0 Å². The van der Waals surface area contributed by atoms with E-state index in [1.807, 2.05) is 0 Å². The van der Waals surface area contributed by atoms with E-state index in [-0.39, 0.29) is 0 Å². The molecule has 0 aliphatic heterocycles. The number of hydrogen-bond donors (Lipinski definition) is 1. The van der Waals surface area contributed by atoms with Crippen LogP contribution >= 0.6 is 0 Å². The summed E-state index contributed by atoms with van der Waals surface area (Å²) in [6.45, 7) is 5.61. The van der Waals surface area contributed by atoms with Crippen LogP contribution in [-0.2, 0) is 23.9 Å². The summed E-state index contributed by atoms with van der Waals surface area (Å²) in [5, 5.41) is 8.83. The molecule has 6 heteroatoms. The molecule has 0 aliphatic carbocycles. The van der Waals surface area contributed by atoms with E-state index < -0.39 is 36.0 Å². The zero-order valence-electron chi connectivity index (χ0n) is 9.72. The molecule has 0 saturated heterocycles. The van der Waals surface area contributed by atoms with E-state index in [1.54, 1.807) is 13.8 Å². The minimum atomic E-state index is -1.32. The SMILES string of the molecule is CC(C)C(=O)OC(=O)C(C)OC(=O)C(C)O. The fourth-order valence-corrected chi connectivity index (χ4v) is 0.621. The van der Waals surface area contributed by atoms with Crippen LogP contribution < -0.4 is 0 Å². The monoisotopic (exact) mass is 232 g/mol. The average molecular weight is 232 g/mol. The summed E-state index contributed by atoms with van der Waals surface area (Å²) >= 11 is 0. The number of carbonyl (C=O) groups is 3. The van der Waals surface area contributed by atoms with Gasteiger partial charge >= 0.3 is 17.9 Å². The highest BCUT2D eigenvalue weighted by molar-refractivity contribution is 5.89. The molecular weight excluding hydrogens is 216 g/mol. The Hall–Kier alpha value is -1.43. The largest absolute Gasteiger partial charge is 0.449 e. The lowest BCUT2D eigenvalue weighted by Gasteiger charge is -2.13. The van der Waals surface area contributed by atoms with Crippen molar-refractivity contribution in [3.8, 4) is 0 Å². The summed E-state index contributed by atoms with van der Waals surface area (Å²) in [4.78, 5) is 33.2. The van der Waals surface area contributed by atoms with Gasteiger partial charge in [0.15, 0.2) is 6.10 Å². The Balaban J connectivity index is 4.20. The van der Waals surface area contributed by atoms with Crippen LogP contribution in [0.4, 0.5) is 0 Å². The fraction of sp³-hybridized carbons (Fsp3) is 0.700. The smallest absolute Gasteiger partial charge is 0.354 e. The third kappa shape index (κ3) is 4.88. The van der Waals surface area contributed by atoms with E-state index in [2.05, 4.69) is 9.47 Å². The first-order chi connectivity index (χ1) is 7.25. The Labute approximate surface area is 93.5 Å². The number of aliphatic hydroxyl groups is 1. The van der Waals surface area contributed by atoms with E-state index in [1.165, 1.54) is 13.8 Å². The van der Waals surface area contributed by atoms with Crippen LogP contribution in [0, 0.1) is 5.92 Å². The molecule has 0 spiro atoms. The summed E-state index contributed by atoms with van der Waals surface area (Å²) in [7, 11) is 0. The standard InChI is InChI=1S/C10H16O6/c1-5(2)8(12)16-10(14)7(4)15-9(13)6(3)11/h5-7,11H,1-4H3. The Bertz CT molecular complexity index is 281. The maximum absolute atomic E-state index is 11.2. The van der Waals surface area contributed by atoms with Crippen molar-refractivity contribution in [1.29, 1.82) is 0 Å². The molecule has 0 amide bonds. The van der Waals surface area contributed by atoms with Crippen LogP contribution in [0.2, 0.25) is 0 Å². The van der Waals surface area contributed by atoms with Gasteiger partial charge in [0.25, 0.3) is 0 Å². The van der Waals surface area contributed by atoms with Crippen molar-refractivity contribution in [2.24, 2.45) is 5.92 Å². The van der Waals surface area contributed by atoms with Crippen molar-refractivity contribution < 1.29 is 29.0 Å². The van der Waals surface area contributed by atoms with E-state index in [9.17, 15) is 14.4 Å². The van der Waals surface area contributed by atoms with Crippen LogP contribution in [0.1, 0.15) is 27.7 Å². The number of esters is 3. The van der Waals surface area contributed by atoms with Crippen molar-refractivity contribution >= 4 is 17.9 Å². The lowest BCUT2D eigenvalue weighted by Crippen LogP contribution is -2.32. The van der Waals surface area contributed by atoms with Gasteiger partial charge in [-0.15, -0.1) is 0 Å². The number of carbonyl (C=O) groups excluding carboxylic acids is 3. The molecule has 16 heavy (non-hydrogen) atoms. The van der Waals surface area contributed by atoms with Crippen LogP contribution in [-0.4, -0.2) is 35.2 Å². The number of rotatable bonds is 4.